The summed E-state index contributed by atoms with van der Waals surface area (Å²) in [5.74, 6) is -7.45. The number of carbonyl (C=O) groups is 1. The Labute approximate surface area is 88.8 Å². The monoisotopic (exact) mass is 246 g/mol. The second kappa shape index (κ2) is 4.15. The lowest BCUT2D eigenvalue weighted by molar-refractivity contribution is -0.274. The Morgan fingerprint density at radius 1 is 1.00 bits per heavy atom. The van der Waals surface area contributed by atoms with Crippen molar-refractivity contribution in [3.8, 4) is 0 Å². The largest absolute Gasteiger partial charge is 0.463 e. The Bertz CT molecular complexity index is 270. The average Bonchev–Trinajstić information content (AvgIpc) is 2.16. The van der Waals surface area contributed by atoms with Crippen molar-refractivity contribution in [1.29, 1.82) is 0 Å². The number of rotatable bonds is 1. The van der Waals surface area contributed by atoms with Crippen LogP contribution in [0.5, 0.6) is 0 Å². The minimum absolute atomic E-state index is 0.110. The fraction of sp³-hybridized carbons (Fsp3) is 0.875. The van der Waals surface area contributed by atoms with Crippen molar-refractivity contribution in [2.24, 2.45) is 0 Å². The molecule has 3 nitrogen and oxygen atoms in total. The molecule has 94 valence electrons. The highest BCUT2D eigenvalue weighted by Gasteiger charge is 2.64. The second-order valence-corrected chi connectivity index (χ2v) is 3.67. The van der Waals surface area contributed by atoms with Gasteiger partial charge in [-0.25, -0.2) is 0 Å². The third-order valence-corrected chi connectivity index (χ3v) is 2.42. The van der Waals surface area contributed by atoms with Crippen LogP contribution in [-0.2, 0) is 4.79 Å². The third kappa shape index (κ3) is 2.42. The minimum Gasteiger partial charge on any atom is -0.335 e. The molecule has 0 atom stereocenters. The molecule has 1 saturated heterocycles. The fourth-order valence-corrected chi connectivity index (χ4v) is 1.33. The zero-order valence-electron chi connectivity index (χ0n) is 8.52. The first kappa shape index (κ1) is 13.1. The predicted octanol–water partition coefficient (Wildman–Crippen LogP) is 0.958. The molecule has 1 aliphatic rings. The first-order valence-corrected chi connectivity index (χ1v) is 4.58. The summed E-state index contributed by atoms with van der Waals surface area (Å²) in [6.07, 6.45) is -5.83. The molecule has 0 aromatic carbocycles. The topological polar surface area (TPSA) is 23.6 Å². The van der Waals surface area contributed by atoms with E-state index >= 15 is 0 Å². The standard InChI is InChI=1S/C8H11F5N2O/c1-14-2-4-15(5-3-14)6(16)7(9,10)8(11,12)13/h2-5H2,1H3. The summed E-state index contributed by atoms with van der Waals surface area (Å²) < 4.78 is 61.1. The normalized spacial score (nSPS) is 20.0. The Kier molecular flexibility index (Phi) is 3.41. The van der Waals surface area contributed by atoms with E-state index in [9.17, 15) is 26.7 Å². The van der Waals surface area contributed by atoms with Gasteiger partial charge in [-0.1, -0.05) is 0 Å². The van der Waals surface area contributed by atoms with Gasteiger partial charge in [0.15, 0.2) is 0 Å². The molecule has 8 heteroatoms. The number of nitrogens with zero attached hydrogens (tertiary/aromatic N) is 2. The predicted molar refractivity (Wildman–Crippen MR) is 45.1 cm³/mol. The smallest absolute Gasteiger partial charge is 0.335 e. The maximum atomic E-state index is 12.7. The van der Waals surface area contributed by atoms with Gasteiger partial charge in [-0.15, -0.1) is 0 Å². The van der Waals surface area contributed by atoms with Gasteiger partial charge < -0.3 is 9.80 Å². The molecule has 0 N–H and O–H groups in total. The van der Waals surface area contributed by atoms with Crippen molar-refractivity contribution in [3.05, 3.63) is 0 Å². The molecule has 1 aliphatic heterocycles. The molecule has 0 radical (unpaired) electrons. The van der Waals surface area contributed by atoms with Gasteiger partial charge >= 0.3 is 18.0 Å². The molecule has 16 heavy (non-hydrogen) atoms. The summed E-state index contributed by atoms with van der Waals surface area (Å²) in [5, 5.41) is 0. The molecule has 1 rings (SSSR count). The van der Waals surface area contributed by atoms with Gasteiger partial charge in [0, 0.05) is 26.2 Å². The minimum atomic E-state index is -5.83. The highest BCUT2D eigenvalue weighted by Crippen LogP contribution is 2.36. The van der Waals surface area contributed by atoms with Crippen molar-refractivity contribution >= 4 is 5.91 Å². The van der Waals surface area contributed by atoms with Crippen molar-refractivity contribution in [3.63, 3.8) is 0 Å². The SMILES string of the molecule is CN1CCN(C(=O)C(F)(F)C(F)(F)F)CC1. The summed E-state index contributed by atoms with van der Waals surface area (Å²) in [6.45, 7) is 0.362. The summed E-state index contributed by atoms with van der Waals surface area (Å²) in [4.78, 5) is 13.3. The zero-order valence-corrected chi connectivity index (χ0v) is 8.52. The second-order valence-electron chi connectivity index (χ2n) is 3.67. The van der Waals surface area contributed by atoms with E-state index < -0.39 is 18.0 Å². The Hall–Kier alpha value is -0.920. The van der Waals surface area contributed by atoms with Crippen LogP contribution in [0.1, 0.15) is 0 Å². The van der Waals surface area contributed by atoms with Gasteiger partial charge in [0.05, 0.1) is 0 Å². The van der Waals surface area contributed by atoms with Gasteiger partial charge in [-0.2, -0.15) is 22.0 Å². The molecule has 0 saturated carbocycles. The van der Waals surface area contributed by atoms with Gasteiger partial charge in [0.25, 0.3) is 0 Å². The summed E-state index contributed by atoms with van der Waals surface area (Å²) in [6, 6.07) is 0. The van der Waals surface area contributed by atoms with E-state index in [1.807, 2.05) is 0 Å². The molecule has 0 aliphatic carbocycles. The van der Waals surface area contributed by atoms with Crippen LogP contribution in [0.25, 0.3) is 0 Å². The number of hydrogen-bond acceptors (Lipinski definition) is 2. The first-order valence-electron chi connectivity index (χ1n) is 4.58. The van der Waals surface area contributed by atoms with Crippen molar-refractivity contribution in [2.45, 2.75) is 12.1 Å². The number of halogens is 5. The molecule has 0 aromatic heterocycles. The summed E-state index contributed by atoms with van der Waals surface area (Å²) >= 11 is 0. The molecular formula is C8H11F5N2O. The molecular weight excluding hydrogens is 235 g/mol. The van der Waals surface area contributed by atoms with Crippen LogP contribution in [0.3, 0.4) is 0 Å². The maximum Gasteiger partial charge on any atom is 0.463 e. The Morgan fingerprint density at radius 3 is 1.81 bits per heavy atom. The van der Waals surface area contributed by atoms with E-state index in [0.717, 1.165) is 0 Å². The number of likely N-dealkylation sites (N-methyl/N-ethyl adjacent to an activating group) is 1. The number of amides is 1. The van der Waals surface area contributed by atoms with Gasteiger partial charge in [0.2, 0.25) is 0 Å². The number of alkyl halides is 5. The van der Waals surface area contributed by atoms with Crippen LogP contribution >= 0.6 is 0 Å². The summed E-state index contributed by atoms with van der Waals surface area (Å²) in [7, 11) is 1.70. The van der Waals surface area contributed by atoms with Gasteiger partial charge in [-0.3, -0.25) is 4.79 Å². The van der Waals surface area contributed by atoms with E-state index in [0.29, 0.717) is 18.0 Å². The summed E-state index contributed by atoms with van der Waals surface area (Å²) in [5.41, 5.74) is 0. The molecule has 1 heterocycles. The fourth-order valence-electron chi connectivity index (χ4n) is 1.33. The molecule has 0 unspecified atom stereocenters. The molecule has 0 aromatic rings. The quantitative estimate of drug-likeness (QED) is 0.643. The lowest BCUT2D eigenvalue weighted by Gasteiger charge is -2.34. The maximum absolute atomic E-state index is 12.7. The van der Waals surface area contributed by atoms with Crippen LogP contribution in [-0.4, -0.2) is 61.0 Å². The van der Waals surface area contributed by atoms with Crippen LogP contribution in [0, 0.1) is 0 Å². The lowest BCUT2D eigenvalue weighted by Crippen LogP contribution is -2.56. The molecule has 1 amide bonds. The Balaban J connectivity index is 2.71. The van der Waals surface area contributed by atoms with Gasteiger partial charge in [-0.05, 0) is 7.05 Å². The first-order chi connectivity index (χ1) is 7.16. The number of hydrogen-bond donors (Lipinski definition) is 0. The van der Waals surface area contributed by atoms with E-state index in [2.05, 4.69) is 0 Å². The number of carbonyl (C=O) groups excluding carboxylic acids is 1. The highest BCUT2D eigenvalue weighted by molar-refractivity contribution is 5.84. The Morgan fingerprint density at radius 2 is 1.44 bits per heavy atom. The molecule has 0 spiro atoms. The third-order valence-electron chi connectivity index (χ3n) is 2.42. The van der Waals surface area contributed by atoms with Crippen LogP contribution < -0.4 is 0 Å². The molecule has 1 fully saturated rings. The number of piperazine rings is 1. The van der Waals surface area contributed by atoms with Crippen molar-refractivity contribution in [2.75, 3.05) is 33.2 Å². The van der Waals surface area contributed by atoms with Gasteiger partial charge in [0.1, 0.15) is 0 Å². The van der Waals surface area contributed by atoms with Crippen LogP contribution in [0.2, 0.25) is 0 Å². The van der Waals surface area contributed by atoms with Crippen LogP contribution in [0.4, 0.5) is 22.0 Å². The van der Waals surface area contributed by atoms with Crippen molar-refractivity contribution < 1.29 is 26.7 Å². The lowest BCUT2D eigenvalue weighted by atomic mass is 10.2. The van der Waals surface area contributed by atoms with E-state index in [1.54, 1.807) is 11.9 Å². The van der Waals surface area contributed by atoms with Crippen molar-refractivity contribution in [1.82, 2.24) is 9.80 Å². The van der Waals surface area contributed by atoms with E-state index in [-0.39, 0.29) is 13.1 Å². The van der Waals surface area contributed by atoms with E-state index in [4.69, 9.17) is 0 Å². The zero-order chi connectivity index (χ0) is 12.6. The highest BCUT2D eigenvalue weighted by atomic mass is 19.4. The van der Waals surface area contributed by atoms with Crippen LogP contribution in [0.15, 0.2) is 0 Å². The van der Waals surface area contributed by atoms with E-state index in [1.165, 1.54) is 0 Å². The molecule has 0 bridgehead atoms. The average molecular weight is 246 g/mol.